The highest BCUT2D eigenvalue weighted by atomic mass is 16.6. The SMILES string of the molecule is CC/C=C\C/C=C\C/C=C\CCCCCC(=O)OCC(COC(=O)CCCCCCCCCCCCCCCCCCCCCCCCCCCCCCCCCCCC)OC(=O)CCCCCCCCCCCCCCCCC. The van der Waals surface area contributed by atoms with Crippen LogP contribution in [-0.4, -0.2) is 37.2 Å². The molecular formula is C74H138O6. The molecule has 0 saturated heterocycles. The van der Waals surface area contributed by atoms with Gasteiger partial charge in [-0.05, 0) is 51.4 Å². The fraction of sp³-hybridized carbons (Fsp3) is 0.878. The normalized spacial score (nSPS) is 12.2. The smallest absolute Gasteiger partial charge is 0.306 e. The van der Waals surface area contributed by atoms with Gasteiger partial charge in [-0.1, -0.05) is 365 Å². The zero-order valence-corrected chi connectivity index (χ0v) is 54.1. The first-order valence-corrected chi connectivity index (χ1v) is 36.0. The summed E-state index contributed by atoms with van der Waals surface area (Å²) in [6.07, 6.45) is 86.4. The summed E-state index contributed by atoms with van der Waals surface area (Å²) in [6.45, 7) is 6.57. The molecule has 0 fully saturated rings. The van der Waals surface area contributed by atoms with Crippen LogP contribution < -0.4 is 0 Å². The number of hydrogen-bond donors (Lipinski definition) is 0. The van der Waals surface area contributed by atoms with Crippen LogP contribution in [-0.2, 0) is 28.6 Å². The predicted molar refractivity (Wildman–Crippen MR) is 349 cm³/mol. The monoisotopic (exact) mass is 1120 g/mol. The number of ether oxygens (including phenoxy) is 3. The quantitative estimate of drug-likeness (QED) is 0.0261. The van der Waals surface area contributed by atoms with Crippen LogP contribution in [0, 0.1) is 0 Å². The molecule has 0 aliphatic heterocycles. The molecule has 6 nitrogen and oxygen atoms in total. The van der Waals surface area contributed by atoms with Crippen molar-refractivity contribution in [1.82, 2.24) is 0 Å². The van der Waals surface area contributed by atoms with E-state index >= 15 is 0 Å². The molecule has 0 aliphatic carbocycles. The highest BCUT2D eigenvalue weighted by Gasteiger charge is 2.19. The van der Waals surface area contributed by atoms with Crippen molar-refractivity contribution in [3.8, 4) is 0 Å². The molecule has 0 aromatic heterocycles. The summed E-state index contributed by atoms with van der Waals surface area (Å²) in [4.78, 5) is 38.3. The highest BCUT2D eigenvalue weighted by molar-refractivity contribution is 5.71. The van der Waals surface area contributed by atoms with Crippen molar-refractivity contribution in [2.24, 2.45) is 0 Å². The number of unbranched alkanes of at least 4 members (excludes halogenated alkanes) is 50. The molecule has 0 spiro atoms. The zero-order chi connectivity index (χ0) is 57.8. The second kappa shape index (κ2) is 69.1. The van der Waals surface area contributed by atoms with Crippen molar-refractivity contribution < 1.29 is 28.6 Å². The lowest BCUT2D eigenvalue weighted by atomic mass is 10.0. The van der Waals surface area contributed by atoms with Crippen molar-refractivity contribution in [1.29, 1.82) is 0 Å². The summed E-state index contributed by atoms with van der Waals surface area (Å²) in [6, 6.07) is 0. The molecule has 0 amide bonds. The second-order valence-corrected chi connectivity index (χ2v) is 24.5. The van der Waals surface area contributed by atoms with E-state index in [1.54, 1.807) is 0 Å². The second-order valence-electron chi connectivity index (χ2n) is 24.5. The molecule has 0 aromatic rings. The lowest BCUT2D eigenvalue weighted by molar-refractivity contribution is -0.167. The van der Waals surface area contributed by atoms with Crippen molar-refractivity contribution in [3.05, 3.63) is 36.5 Å². The number of allylic oxidation sites excluding steroid dienone is 6. The number of esters is 3. The summed E-state index contributed by atoms with van der Waals surface area (Å²) >= 11 is 0. The summed E-state index contributed by atoms with van der Waals surface area (Å²) in [7, 11) is 0. The molecule has 470 valence electrons. The summed E-state index contributed by atoms with van der Waals surface area (Å²) in [5, 5.41) is 0. The zero-order valence-electron chi connectivity index (χ0n) is 54.1. The van der Waals surface area contributed by atoms with Gasteiger partial charge in [0, 0.05) is 19.3 Å². The molecule has 0 radical (unpaired) electrons. The summed E-state index contributed by atoms with van der Waals surface area (Å²) in [5.41, 5.74) is 0. The van der Waals surface area contributed by atoms with E-state index in [1.807, 2.05) is 0 Å². The fourth-order valence-electron chi connectivity index (χ4n) is 11.1. The number of hydrogen-bond acceptors (Lipinski definition) is 6. The molecular weight excluding hydrogens is 985 g/mol. The van der Waals surface area contributed by atoms with Crippen LogP contribution in [0.3, 0.4) is 0 Å². The minimum absolute atomic E-state index is 0.0760. The van der Waals surface area contributed by atoms with Gasteiger partial charge in [0.15, 0.2) is 6.10 Å². The van der Waals surface area contributed by atoms with Gasteiger partial charge in [-0.3, -0.25) is 14.4 Å². The minimum atomic E-state index is -0.781. The van der Waals surface area contributed by atoms with Crippen LogP contribution in [0.2, 0.25) is 0 Å². The fourth-order valence-corrected chi connectivity index (χ4v) is 11.1. The average molecular weight is 1120 g/mol. The molecule has 1 unspecified atom stereocenters. The third-order valence-corrected chi connectivity index (χ3v) is 16.4. The maximum atomic E-state index is 12.9. The summed E-state index contributed by atoms with van der Waals surface area (Å²) < 4.78 is 16.9. The summed E-state index contributed by atoms with van der Waals surface area (Å²) in [5.74, 6) is -0.880. The molecule has 0 rings (SSSR count). The van der Waals surface area contributed by atoms with Gasteiger partial charge in [0.05, 0.1) is 0 Å². The van der Waals surface area contributed by atoms with Crippen molar-refractivity contribution in [2.45, 2.75) is 406 Å². The average Bonchev–Trinajstić information content (AvgIpc) is 3.46. The standard InChI is InChI=1S/C74H138O6/c1-4-7-10-13-16-19-22-25-27-28-29-30-31-32-33-34-35-36-37-38-39-40-41-42-43-44-45-47-49-52-55-58-61-64-67-73(76)79-70-71(69-78-72(75)66-63-60-57-54-51-48-24-21-18-15-12-9-6-3)80-74(77)68-65-62-59-56-53-50-46-26-23-20-17-14-11-8-5-2/h9,12,18,21,48,51,71H,4-8,10-11,13-17,19-20,22-47,49-50,52-70H2,1-3H3/b12-9-,21-18-,51-48-. The first-order chi connectivity index (χ1) is 39.5. The Bertz CT molecular complexity index is 1340. The van der Waals surface area contributed by atoms with Gasteiger partial charge in [0.2, 0.25) is 0 Å². The van der Waals surface area contributed by atoms with Crippen molar-refractivity contribution >= 4 is 17.9 Å². The molecule has 0 bridgehead atoms. The Morgan fingerprint density at radius 1 is 0.263 bits per heavy atom. The molecule has 0 N–H and O–H groups in total. The van der Waals surface area contributed by atoms with Crippen LogP contribution in [0.5, 0.6) is 0 Å². The maximum Gasteiger partial charge on any atom is 0.306 e. The van der Waals surface area contributed by atoms with Crippen LogP contribution >= 0.6 is 0 Å². The Balaban J connectivity index is 4.05. The lowest BCUT2D eigenvalue weighted by Crippen LogP contribution is -2.30. The molecule has 1 atom stereocenters. The number of carbonyl (C=O) groups is 3. The van der Waals surface area contributed by atoms with Crippen LogP contribution in [0.4, 0.5) is 0 Å². The van der Waals surface area contributed by atoms with E-state index in [1.165, 1.54) is 276 Å². The Kier molecular flexibility index (Phi) is 67.1. The van der Waals surface area contributed by atoms with Crippen LogP contribution in [0.15, 0.2) is 36.5 Å². The largest absolute Gasteiger partial charge is 0.462 e. The van der Waals surface area contributed by atoms with E-state index in [0.29, 0.717) is 19.3 Å². The van der Waals surface area contributed by atoms with Gasteiger partial charge >= 0.3 is 17.9 Å². The minimum Gasteiger partial charge on any atom is -0.462 e. The molecule has 0 saturated carbocycles. The van der Waals surface area contributed by atoms with E-state index in [0.717, 1.165) is 83.5 Å². The van der Waals surface area contributed by atoms with Gasteiger partial charge in [-0.2, -0.15) is 0 Å². The third kappa shape index (κ3) is 66.4. The van der Waals surface area contributed by atoms with Gasteiger partial charge < -0.3 is 14.2 Å². The molecule has 0 aliphatic rings. The molecule has 6 heteroatoms. The molecule has 0 aromatic carbocycles. The Morgan fingerprint density at radius 3 is 0.762 bits per heavy atom. The Hall–Kier alpha value is -2.37. The van der Waals surface area contributed by atoms with Gasteiger partial charge in [-0.25, -0.2) is 0 Å². The topological polar surface area (TPSA) is 78.9 Å². The van der Waals surface area contributed by atoms with E-state index in [2.05, 4.69) is 57.2 Å². The Labute approximate surface area is 499 Å². The van der Waals surface area contributed by atoms with Crippen LogP contribution in [0.1, 0.15) is 400 Å². The highest BCUT2D eigenvalue weighted by Crippen LogP contribution is 2.19. The van der Waals surface area contributed by atoms with Gasteiger partial charge in [0.25, 0.3) is 0 Å². The van der Waals surface area contributed by atoms with E-state index in [9.17, 15) is 14.4 Å². The van der Waals surface area contributed by atoms with Gasteiger partial charge in [0.1, 0.15) is 13.2 Å². The van der Waals surface area contributed by atoms with E-state index in [4.69, 9.17) is 14.2 Å². The van der Waals surface area contributed by atoms with Crippen molar-refractivity contribution in [2.75, 3.05) is 13.2 Å². The first-order valence-electron chi connectivity index (χ1n) is 36.0. The Morgan fingerprint density at radius 2 is 0.487 bits per heavy atom. The number of rotatable bonds is 67. The molecule has 80 heavy (non-hydrogen) atoms. The van der Waals surface area contributed by atoms with E-state index in [-0.39, 0.29) is 31.1 Å². The molecule has 0 heterocycles. The van der Waals surface area contributed by atoms with Crippen LogP contribution in [0.25, 0.3) is 0 Å². The maximum absolute atomic E-state index is 12.9. The van der Waals surface area contributed by atoms with Gasteiger partial charge in [-0.15, -0.1) is 0 Å². The van der Waals surface area contributed by atoms with Crippen molar-refractivity contribution in [3.63, 3.8) is 0 Å². The number of carbonyl (C=O) groups excluding carboxylic acids is 3. The lowest BCUT2D eigenvalue weighted by Gasteiger charge is -2.18. The first kappa shape index (κ1) is 77.6. The third-order valence-electron chi connectivity index (χ3n) is 16.4. The van der Waals surface area contributed by atoms with E-state index < -0.39 is 6.10 Å². The predicted octanol–water partition coefficient (Wildman–Crippen LogP) is 24.7.